The van der Waals surface area contributed by atoms with E-state index in [1.165, 1.54) is 0 Å². The van der Waals surface area contributed by atoms with Gasteiger partial charge in [0, 0.05) is 0 Å². The van der Waals surface area contributed by atoms with E-state index < -0.39 is 54.1 Å². The molecule has 194 valence electrons. The maximum absolute atomic E-state index is 12.1. The minimum atomic E-state index is -1.29. The third-order valence-electron chi connectivity index (χ3n) is 2.93. The molecule has 2 unspecified atom stereocenters. The fraction of sp³-hybridized carbons (Fsp3) is 0.857. The van der Waals surface area contributed by atoms with E-state index in [4.69, 9.17) is 28.9 Å². The minimum Gasteiger partial charge on any atom is -0.428 e. The largest absolute Gasteiger partial charge is 0.541 e. The van der Waals surface area contributed by atoms with Gasteiger partial charge in [0.05, 0.1) is 0 Å². The summed E-state index contributed by atoms with van der Waals surface area (Å²) in [6.45, 7) is 16.2. The summed E-state index contributed by atoms with van der Waals surface area (Å²) >= 11 is 0. The molecule has 0 fully saturated rings. The average Bonchev–Trinajstić information content (AvgIpc) is 2.64. The predicted molar refractivity (Wildman–Crippen MR) is 113 cm³/mol. The van der Waals surface area contributed by atoms with E-state index in [0.717, 1.165) is 0 Å². The normalized spacial score (nSPS) is 14.0. The van der Waals surface area contributed by atoms with Crippen LogP contribution in [0, 0.1) is 0 Å². The first-order chi connectivity index (χ1) is 14.9. The summed E-state index contributed by atoms with van der Waals surface area (Å²) in [5, 5.41) is 0. The molecule has 0 aliphatic rings. The Morgan fingerprint density at radius 3 is 1.33 bits per heavy atom. The lowest BCUT2D eigenvalue weighted by atomic mass is 10.1. The van der Waals surface area contributed by atoms with Crippen LogP contribution in [0.5, 0.6) is 0 Å². The maximum Gasteiger partial charge on any atom is 0.541 e. The summed E-state index contributed by atoms with van der Waals surface area (Å²) in [5.74, 6) is 0. The van der Waals surface area contributed by atoms with Crippen LogP contribution in [0.3, 0.4) is 0 Å². The van der Waals surface area contributed by atoms with Crippen LogP contribution in [0.2, 0.25) is 0 Å². The van der Waals surface area contributed by atoms with Gasteiger partial charge in [-0.2, -0.15) is 14.7 Å². The van der Waals surface area contributed by atoms with Gasteiger partial charge in [-0.1, -0.05) is 13.3 Å². The lowest BCUT2D eigenvalue weighted by Crippen LogP contribution is -2.40. The molecule has 0 aromatic heterocycles. The molecule has 0 bridgehead atoms. The SMILES string of the molecule is CCCC(OC(=O)OOC(C)(C)C)C(COC(=O)OOC(C)(C)C)OC(=O)OOC(C)(C)C. The summed E-state index contributed by atoms with van der Waals surface area (Å²) in [6, 6.07) is 0. The van der Waals surface area contributed by atoms with Crippen molar-refractivity contribution in [3.05, 3.63) is 0 Å². The molecule has 12 heteroatoms. The zero-order valence-corrected chi connectivity index (χ0v) is 21.2. The molecule has 0 radical (unpaired) electrons. The third kappa shape index (κ3) is 17.9. The van der Waals surface area contributed by atoms with E-state index in [-0.39, 0.29) is 6.42 Å². The van der Waals surface area contributed by atoms with Crippen molar-refractivity contribution in [1.29, 1.82) is 0 Å². The van der Waals surface area contributed by atoms with Crippen LogP contribution < -0.4 is 0 Å². The van der Waals surface area contributed by atoms with Crippen molar-refractivity contribution in [1.82, 2.24) is 0 Å². The van der Waals surface area contributed by atoms with Crippen molar-refractivity contribution in [3.8, 4) is 0 Å². The molecule has 2 atom stereocenters. The Kier molecular flexibility index (Phi) is 12.5. The monoisotopic (exact) mass is 482 g/mol. The quantitative estimate of drug-likeness (QED) is 0.176. The first kappa shape index (κ1) is 30.7. The summed E-state index contributed by atoms with van der Waals surface area (Å²) in [5.41, 5.74) is -2.34. The lowest BCUT2D eigenvalue weighted by molar-refractivity contribution is -0.322. The highest BCUT2D eigenvalue weighted by atomic mass is 17.2. The van der Waals surface area contributed by atoms with E-state index in [1.54, 1.807) is 69.2 Å². The molecular weight excluding hydrogens is 444 g/mol. The molecule has 0 N–H and O–H groups in total. The highest BCUT2D eigenvalue weighted by Crippen LogP contribution is 2.17. The van der Waals surface area contributed by atoms with Crippen LogP contribution in [-0.2, 0) is 43.5 Å². The number of hydrogen-bond donors (Lipinski definition) is 0. The Balaban J connectivity index is 5.26. The molecule has 0 aromatic carbocycles. The van der Waals surface area contributed by atoms with Crippen LogP contribution in [0.4, 0.5) is 14.4 Å². The zero-order valence-electron chi connectivity index (χ0n) is 21.2. The number of carbonyl (C=O) groups is 3. The van der Waals surface area contributed by atoms with Crippen LogP contribution >= 0.6 is 0 Å². The average molecular weight is 483 g/mol. The molecule has 0 aliphatic heterocycles. The first-order valence-electron chi connectivity index (χ1n) is 10.6. The van der Waals surface area contributed by atoms with Gasteiger partial charge < -0.3 is 14.2 Å². The van der Waals surface area contributed by atoms with Gasteiger partial charge in [0.1, 0.15) is 29.5 Å². The summed E-state index contributed by atoms with van der Waals surface area (Å²) in [6.07, 6.45) is -5.22. The standard InChI is InChI=1S/C21H38O12/c1-11-12-14(26-17(23)29-32-20(5,6)7)15(27-18(24)30-33-21(8,9)10)13-25-16(22)28-31-19(2,3)4/h14-15H,11-13H2,1-10H3. The van der Waals surface area contributed by atoms with Gasteiger partial charge in [-0.05, 0) is 68.7 Å². The second-order valence-corrected chi connectivity index (χ2v) is 10.00. The Hall–Kier alpha value is -2.31. The molecule has 0 heterocycles. The van der Waals surface area contributed by atoms with Crippen LogP contribution in [0.15, 0.2) is 0 Å². The van der Waals surface area contributed by atoms with Crippen molar-refractivity contribution < 1.29 is 57.9 Å². The Morgan fingerprint density at radius 2 is 0.970 bits per heavy atom. The molecule has 0 saturated heterocycles. The molecule has 0 rings (SSSR count). The summed E-state index contributed by atoms with van der Waals surface area (Å²) in [4.78, 5) is 64.5. The van der Waals surface area contributed by atoms with Crippen molar-refractivity contribution >= 4 is 18.5 Å². The Morgan fingerprint density at radius 1 is 0.606 bits per heavy atom. The fourth-order valence-corrected chi connectivity index (χ4v) is 1.76. The van der Waals surface area contributed by atoms with Gasteiger partial charge in [-0.3, -0.25) is 14.7 Å². The van der Waals surface area contributed by atoms with E-state index >= 15 is 0 Å². The molecule has 33 heavy (non-hydrogen) atoms. The molecule has 0 aliphatic carbocycles. The van der Waals surface area contributed by atoms with Gasteiger partial charge in [0.25, 0.3) is 0 Å². The van der Waals surface area contributed by atoms with Gasteiger partial charge >= 0.3 is 18.5 Å². The molecule has 0 aromatic rings. The second kappa shape index (κ2) is 13.4. The van der Waals surface area contributed by atoms with Gasteiger partial charge in [-0.15, -0.1) is 0 Å². The van der Waals surface area contributed by atoms with Crippen molar-refractivity contribution in [2.45, 2.75) is 111 Å². The Bertz CT molecular complexity index is 612. The van der Waals surface area contributed by atoms with Crippen molar-refractivity contribution in [3.63, 3.8) is 0 Å². The van der Waals surface area contributed by atoms with E-state index in [0.29, 0.717) is 6.42 Å². The lowest BCUT2D eigenvalue weighted by Gasteiger charge is -2.26. The number of carbonyl (C=O) groups excluding carboxylic acids is 3. The molecule has 0 spiro atoms. The van der Waals surface area contributed by atoms with Crippen LogP contribution in [-0.4, -0.2) is 54.1 Å². The van der Waals surface area contributed by atoms with Crippen LogP contribution in [0.1, 0.15) is 82.1 Å². The van der Waals surface area contributed by atoms with Gasteiger partial charge in [-0.25, -0.2) is 14.4 Å². The highest BCUT2D eigenvalue weighted by molar-refractivity contribution is 5.61. The minimum absolute atomic E-state index is 0.222. The zero-order chi connectivity index (χ0) is 25.9. The highest BCUT2D eigenvalue weighted by Gasteiger charge is 2.33. The molecular formula is C21H38O12. The van der Waals surface area contributed by atoms with Crippen molar-refractivity contribution in [2.24, 2.45) is 0 Å². The number of ether oxygens (including phenoxy) is 3. The smallest absolute Gasteiger partial charge is 0.428 e. The fourth-order valence-electron chi connectivity index (χ4n) is 1.76. The van der Waals surface area contributed by atoms with Crippen LogP contribution in [0.25, 0.3) is 0 Å². The molecule has 0 saturated carbocycles. The summed E-state index contributed by atoms with van der Waals surface area (Å²) in [7, 11) is 0. The van der Waals surface area contributed by atoms with Gasteiger partial charge in [0.2, 0.25) is 0 Å². The first-order valence-corrected chi connectivity index (χ1v) is 10.6. The Labute approximate surface area is 194 Å². The summed E-state index contributed by atoms with van der Waals surface area (Å²) < 4.78 is 15.3. The number of hydrogen-bond acceptors (Lipinski definition) is 12. The topological polar surface area (TPSA) is 134 Å². The molecule has 0 amide bonds. The van der Waals surface area contributed by atoms with Gasteiger partial charge in [0.15, 0.2) is 6.10 Å². The third-order valence-corrected chi connectivity index (χ3v) is 2.93. The van der Waals surface area contributed by atoms with E-state index in [1.807, 2.05) is 0 Å². The molecule has 12 nitrogen and oxygen atoms in total. The maximum atomic E-state index is 12.1. The van der Waals surface area contributed by atoms with Crippen molar-refractivity contribution in [2.75, 3.05) is 6.61 Å². The van der Waals surface area contributed by atoms with E-state index in [2.05, 4.69) is 14.7 Å². The second-order valence-electron chi connectivity index (χ2n) is 10.00. The number of rotatable bonds is 10. The van der Waals surface area contributed by atoms with E-state index in [9.17, 15) is 14.4 Å². The predicted octanol–water partition coefficient (Wildman–Crippen LogP) is 5.17.